The zero-order valence-electron chi connectivity index (χ0n) is 19.0. The molecule has 4 rings (SSSR count). The molecule has 8 nitrogen and oxygen atoms in total. The van der Waals surface area contributed by atoms with E-state index in [0.717, 1.165) is 11.1 Å². The molecule has 34 heavy (non-hydrogen) atoms. The highest BCUT2D eigenvalue weighted by Gasteiger charge is 2.32. The fourth-order valence-electron chi connectivity index (χ4n) is 3.62. The van der Waals surface area contributed by atoms with Crippen LogP contribution in [0.2, 0.25) is 0 Å². The Morgan fingerprint density at radius 3 is 2.53 bits per heavy atom. The average Bonchev–Trinajstić information content (AvgIpc) is 3.15. The third-order valence-electron chi connectivity index (χ3n) is 5.70. The minimum absolute atomic E-state index is 0.110. The molecule has 1 amide bonds. The second-order valence-corrected chi connectivity index (χ2v) is 7.95. The van der Waals surface area contributed by atoms with Crippen molar-refractivity contribution in [2.75, 3.05) is 10.4 Å². The van der Waals surface area contributed by atoms with E-state index >= 15 is 0 Å². The Labute approximate surface area is 196 Å². The van der Waals surface area contributed by atoms with Crippen LogP contribution in [0.1, 0.15) is 34.8 Å². The molecule has 1 aliphatic heterocycles. The van der Waals surface area contributed by atoms with E-state index in [1.807, 2.05) is 39.0 Å². The van der Waals surface area contributed by atoms with Crippen LogP contribution >= 0.6 is 0 Å². The summed E-state index contributed by atoms with van der Waals surface area (Å²) in [6.07, 6.45) is 0.502. The highest BCUT2D eigenvalue weighted by molar-refractivity contribution is 6.71. The molecule has 0 aromatic heterocycles. The van der Waals surface area contributed by atoms with Gasteiger partial charge < -0.3 is 10.2 Å². The number of carbonyl (C=O) groups is 2. The number of aryl methyl sites for hydroxylation is 2. The maximum Gasteiger partial charge on any atom is 0.335 e. The van der Waals surface area contributed by atoms with E-state index in [1.165, 1.54) is 17.1 Å². The van der Waals surface area contributed by atoms with Crippen molar-refractivity contribution in [3.05, 3.63) is 77.4 Å². The van der Waals surface area contributed by atoms with Gasteiger partial charge in [0.25, 0.3) is 0 Å². The predicted molar refractivity (Wildman–Crippen MR) is 133 cm³/mol. The highest BCUT2D eigenvalue weighted by Crippen LogP contribution is 2.36. The van der Waals surface area contributed by atoms with Crippen molar-refractivity contribution in [2.45, 2.75) is 27.2 Å². The van der Waals surface area contributed by atoms with Crippen LogP contribution in [0.25, 0.3) is 11.1 Å². The van der Waals surface area contributed by atoms with Crippen molar-refractivity contribution in [2.24, 2.45) is 10.2 Å². The van der Waals surface area contributed by atoms with Crippen LogP contribution in [0.5, 0.6) is 5.75 Å². The van der Waals surface area contributed by atoms with Crippen LogP contribution in [0.3, 0.4) is 0 Å². The van der Waals surface area contributed by atoms with Crippen molar-refractivity contribution >= 4 is 34.7 Å². The number of aromatic carboxylic acids is 1. The molecule has 0 saturated heterocycles. The third-order valence-corrected chi connectivity index (χ3v) is 5.70. The van der Waals surface area contributed by atoms with E-state index in [9.17, 15) is 19.8 Å². The number of phenols is 1. The largest absolute Gasteiger partial charge is 0.505 e. The van der Waals surface area contributed by atoms with Gasteiger partial charge in [0.1, 0.15) is 5.75 Å². The number of anilines is 2. The number of hydrazone groups is 2. The van der Waals surface area contributed by atoms with E-state index in [0.29, 0.717) is 28.9 Å². The summed E-state index contributed by atoms with van der Waals surface area (Å²) in [5, 5.41) is 30.1. The fourth-order valence-corrected chi connectivity index (χ4v) is 3.62. The number of amides is 1. The molecule has 3 N–H and O–H groups in total. The lowest BCUT2D eigenvalue weighted by Crippen LogP contribution is -2.28. The van der Waals surface area contributed by atoms with Crippen LogP contribution in [-0.2, 0) is 4.79 Å². The van der Waals surface area contributed by atoms with E-state index in [4.69, 9.17) is 0 Å². The average molecular weight is 457 g/mol. The Balaban J connectivity index is 1.63. The zero-order chi connectivity index (χ0) is 24.4. The first-order chi connectivity index (χ1) is 16.3. The topological polar surface area (TPSA) is 115 Å². The van der Waals surface area contributed by atoms with Gasteiger partial charge in [0, 0.05) is 5.56 Å². The van der Waals surface area contributed by atoms with Gasteiger partial charge in [-0.15, -0.1) is 0 Å². The molecule has 1 aliphatic rings. The number of hydrogen-bond donors (Lipinski definition) is 3. The van der Waals surface area contributed by atoms with E-state index in [1.54, 1.807) is 30.3 Å². The molecule has 0 spiro atoms. The lowest BCUT2D eigenvalue weighted by Gasteiger charge is -2.13. The number of carboxylic acid groups (broad SMARTS) is 1. The van der Waals surface area contributed by atoms with Gasteiger partial charge in [-0.3, -0.25) is 10.2 Å². The fraction of sp³-hybridized carbons (Fsp3) is 0.154. The molecule has 0 saturated carbocycles. The molecule has 1 heterocycles. The van der Waals surface area contributed by atoms with E-state index in [-0.39, 0.29) is 28.6 Å². The molecule has 0 fully saturated rings. The third kappa shape index (κ3) is 4.25. The lowest BCUT2D eigenvalue weighted by molar-refractivity contribution is -0.112. The number of nitrogens with one attached hydrogen (secondary N) is 1. The normalized spacial score (nSPS) is 14.4. The lowest BCUT2D eigenvalue weighted by atomic mass is 10.0. The Morgan fingerprint density at radius 2 is 1.82 bits per heavy atom. The van der Waals surface area contributed by atoms with Crippen LogP contribution in [0.4, 0.5) is 11.4 Å². The second kappa shape index (κ2) is 9.19. The Kier molecular flexibility index (Phi) is 6.14. The van der Waals surface area contributed by atoms with Crippen LogP contribution in [0.15, 0.2) is 70.9 Å². The summed E-state index contributed by atoms with van der Waals surface area (Å²) in [5.74, 6) is -1.53. The summed E-state index contributed by atoms with van der Waals surface area (Å²) >= 11 is 0. The van der Waals surface area contributed by atoms with Gasteiger partial charge in [-0.05, 0) is 67.3 Å². The number of carboxylic acids is 1. The standard InChI is InChI=1S/C26H24N4O4/c1-4-21-23(25(32)30(29-21)19-12-11-15(2)16(3)13-19)28-27-22-10-6-9-20(24(22)31)17-7-5-8-18(14-17)26(33)34/h5-14,27,31H,4H2,1-3H3,(H,33,34)/b28-23-. The number of carbonyl (C=O) groups excluding carboxylic acids is 1. The Bertz CT molecular complexity index is 1360. The quantitative estimate of drug-likeness (QED) is 0.358. The molecular formula is C26H24N4O4. The van der Waals surface area contributed by atoms with Gasteiger partial charge in [-0.1, -0.05) is 37.3 Å². The Hall–Kier alpha value is -4.46. The van der Waals surface area contributed by atoms with Gasteiger partial charge in [0.2, 0.25) is 0 Å². The van der Waals surface area contributed by atoms with Gasteiger partial charge in [-0.25, -0.2) is 4.79 Å². The van der Waals surface area contributed by atoms with Gasteiger partial charge in [0.05, 0.1) is 22.6 Å². The van der Waals surface area contributed by atoms with E-state index < -0.39 is 5.97 Å². The molecule has 8 heteroatoms. The number of phenolic OH excluding ortho intramolecular Hbond substituents is 1. The molecule has 0 radical (unpaired) electrons. The first-order valence-corrected chi connectivity index (χ1v) is 10.8. The summed E-state index contributed by atoms with van der Waals surface area (Å²) in [7, 11) is 0. The Morgan fingerprint density at radius 1 is 1.06 bits per heavy atom. The number of aromatic hydroxyl groups is 1. The number of para-hydroxylation sites is 1. The second-order valence-electron chi connectivity index (χ2n) is 7.95. The minimum Gasteiger partial charge on any atom is -0.505 e. The smallest absolute Gasteiger partial charge is 0.335 e. The van der Waals surface area contributed by atoms with Crippen LogP contribution < -0.4 is 10.4 Å². The van der Waals surface area contributed by atoms with Crippen molar-refractivity contribution in [1.82, 2.24) is 0 Å². The summed E-state index contributed by atoms with van der Waals surface area (Å²) in [6, 6.07) is 17.0. The monoisotopic (exact) mass is 456 g/mol. The van der Waals surface area contributed by atoms with Crippen LogP contribution in [0, 0.1) is 13.8 Å². The van der Waals surface area contributed by atoms with Crippen molar-refractivity contribution < 1.29 is 19.8 Å². The SMILES string of the molecule is CCC1=NN(c2ccc(C)c(C)c2)C(=O)/C1=N\Nc1cccc(-c2cccc(C(=O)O)c2)c1O. The first-order valence-electron chi connectivity index (χ1n) is 10.8. The van der Waals surface area contributed by atoms with Crippen molar-refractivity contribution in [1.29, 1.82) is 0 Å². The molecule has 0 bridgehead atoms. The van der Waals surface area contributed by atoms with Crippen LogP contribution in [-0.4, -0.2) is 33.5 Å². The number of benzene rings is 3. The molecule has 3 aromatic rings. The first kappa shape index (κ1) is 22.7. The van der Waals surface area contributed by atoms with Crippen molar-refractivity contribution in [3.8, 4) is 16.9 Å². The molecule has 0 unspecified atom stereocenters. The van der Waals surface area contributed by atoms with Gasteiger partial charge >= 0.3 is 11.9 Å². The number of nitrogens with zero attached hydrogens (tertiary/aromatic N) is 3. The predicted octanol–water partition coefficient (Wildman–Crippen LogP) is 4.95. The molecule has 0 atom stereocenters. The summed E-state index contributed by atoms with van der Waals surface area (Å²) in [5.41, 5.74) is 7.68. The molecule has 3 aromatic carbocycles. The zero-order valence-corrected chi connectivity index (χ0v) is 19.0. The number of rotatable bonds is 6. The molecular weight excluding hydrogens is 432 g/mol. The maximum atomic E-state index is 13.1. The molecule has 0 aliphatic carbocycles. The summed E-state index contributed by atoms with van der Waals surface area (Å²) < 4.78 is 0. The molecule has 172 valence electrons. The van der Waals surface area contributed by atoms with Gasteiger partial charge in [0.15, 0.2) is 5.71 Å². The number of hydrogen-bond acceptors (Lipinski definition) is 6. The maximum absolute atomic E-state index is 13.1. The van der Waals surface area contributed by atoms with Gasteiger partial charge in [-0.2, -0.15) is 15.2 Å². The summed E-state index contributed by atoms with van der Waals surface area (Å²) in [6.45, 7) is 5.86. The van der Waals surface area contributed by atoms with Crippen molar-refractivity contribution in [3.63, 3.8) is 0 Å². The highest BCUT2D eigenvalue weighted by atomic mass is 16.4. The van der Waals surface area contributed by atoms with E-state index in [2.05, 4.69) is 15.6 Å². The summed E-state index contributed by atoms with van der Waals surface area (Å²) in [4.78, 5) is 24.4. The minimum atomic E-state index is -1.05.